The van der Waals surface area contributed by atoms with Gasteiger partial charge in [-0.3, -0.25) is 23.7 Å². The molecule has 0 radical (unpaired) electrons. The minimum atomic E-state index is -0.142. The second-order valence-electron chi connectivity index (χ2n) is 9.22. The van der Waals surface area contributed by atoms with Crippen molar-refractivity contribution in [3.05, 3.63) is 57.0 Å². The quantitative estimate of drug-likeness (QED) is 0.589. The molecule has 9 nitrogen and oxygen atoms in total. The SMILES string of the molecule is O=c1cnc2ccc(=O)n3c2n1CC[C@H]3CN1CCC(NCc2cc3c(cn2)OCCS3)CC1. The third-order valence-electron chi connectivity index (χ3n) is 7.08. The summed E-state index contributed by atoms with van der Waals surface area (Å²) in [6, 6.07) is 5.94. The number of ether oxygens (including phenoxy) is 1. The number of nitrogens with zero attached hydrogens (tertiary/aromatic N) is 5. The van der Waals surface area contributed by atoms with Gasteiger partial charge in [0, 0.05) is 37.5 Å². The van der Waals surface area contributed by atoms with E-state index in [-0.39, 0.29) is 17.2 Å². The Balaban J connectivity index is 1.08. The summed E-state index contributed by atoms with van der Waals surface area (Å²) in [6.45, 7) is 4.93. The lowest BCUT2D eigenvalue weighted by Crippen LogP contribution is -2.46. The maximum absolute atomic E-state index is 12.8. The lowest BCUT2D eigenvalue weighted by atomic mass is 10.0. The average Bonchev–Trinajstić information content (AvgIpc) is 2.87. The van der Waals surface area contributed by atoms with Crippen LogP contribution in [0.3, 0.4) is 0 Å². The molecule has 6 rings (SSSR count). The molecule has 0 spiro atoms. The highest BCUT2D eigenvalue weighted by atomic mass is 32.2. The number of hydrogen-bond donors (Lipinski definition) is 1. The van der Waals surface area contributed by atoms with Crippen LogP contribution in [0.5, 0.6) is 5.75 Å². The first-order valence-corrected chi connectivity index (χ1v) is 13.0. The zero-order valence-electron chi connectivity index (χ0n) is 19.0. The monoisotopic (exact) mass is 480 g/mol. The van der Waals surface area contributed by atoms with Gasteiger partial charge in [-0.1, -0.05) is 0 Å². The van der Waals surface area contributed by atoms with Crippen molar-refractivity contribution in [3.63, 3.8) is 0 Å². The number of aryl methyl sites for hydroxylation is 1. The minimum absolute atomic E-state index is 0.0590. The van der Waals surface area contributed by atoms with Crippen LogP contribution in [0.25, 0.3) is 11.2 Å². The number of pyridine rings is 2. The van der Waals surface area contributed by atoms with Crippen LogP contribution in [-0.4, -0.2) is 62.0 Å². The van der Waals surface area contributed by atoms with Crippen LogP contribution in [-0.2, 0) is 13.1 Å². The van der Waals surface area contributed by atoms with Gasteiger partial charge in [0.15, 0.2) is 5.75 Å². The van der Waals surface area contributed by atoms with E-state index >= 15 is 0 Å². The maximum Gasteiger partial charge on any atom is 0.270 e. The Morgan fingerprint density at radius 2 is 1.94 bits per heavy atom. The molecule has 0 amide bonds. The fraction of sp³-hybridized carbons (Fsp3) is 0.500. The Hall–Kier alpha value is -2.69. The second kappa shape index (κ2) is 9.16. The number of likely N-dealkylation sites (tertiary alicyclic amines) is 1. The highest BCUT2D eigenvalue weighted by Crippen LogP contribution is 2.32. The van der Waals surface area contributed by atoms with Crippen molar-refractivity contribution in [1.82, 2.24) is 29.3 Å². The van der Waals surface area contributed by atoms with Crippen LogP contribution in [0.1, 0.15) is 31.0 Å². The number of piperidine rings is 1. The van der Waals surface area contributed by atoms with Gasteiger partial charge in [0.1, 0.15) is 11.2 Å². The molecule has 0 aliphatic carbocycles. The molecule has 34 heavy (non-hydrogen) atoms. The van der Waals surface area contributed by atoms with Crippen LogP contribution < -0.4 is 21.2 Å². The van der Waals surface area contributed by atoms with Gasteiger partial charge >= 0.3 is 0 Å². The van der Waals surface area contributed by atoms with Gasteiger partial charge in [-0.05, 0) is 44.5 Å². The number of nitrogens with one attached hydrogen (secondary N) is 1. The third-order valence-corrected chi connectivity index (χ3v) is 8.08. The molecule has 3 aliphatic heterocycles. The number of rotatable bonds is 5. The molecule has 0 saturated carbocycles. The van der Waals surface area contributed by atoms with E-state index < -0.39 is 0 Å². The van der Waals surface area contributed by atoms with Crippen molar-refractivity contribution in [3.8, 4) is 5.75 Å². The molecule has 3 aliphatic rings. The van der Waals surface area contributed by atoms with E-state index in [9.17, 15) is 9.59 Å². The Morgan fingerprint density at radius 1 is 1.06 bits per heavy atom. The van der Waals surface area contributed by atoms with Crippen LogP contribution in [0.2, 0.25) is 0 Å². The molecule has 6 heterocycles. The molecule has 1 N–H and O–H groups in total. The fourth-order valence-corrected chi connectivity index (χ4v) is 6.16. The van der Waals surface area contributed by atoms with Gasteiger partial charge in [0.2, 0.25) is 0 Å². The summed E-state index contributed by atoms with van der Waals surface area (Å²) in [6.07, 6.45) is 6.09. The number of fused-ring (bicyclic) bond motifs is 1. The number of aromatic nitrogens is 4. The normalized spacial score (nSPS) is 20.8. The Morgan fingerprint density at radius 3 is 2.82 bits per heavy atom. The molecular weight excluding hydrogens is 452 g/mol. The zero-order valence-corrected chi connectivity index (χ0v) is 19.8. The highest BCUT2D eigenvalue weighted by Gasteiger charge is 2.27. The first kappa shape index (κ1) is 21.8. The Bertz CT molecular complexity index is 1330. The summed E-state index contributed by atoms with van der Waals surface area (Å²) in [5.41, 5.74) is 2.21. The van der Waals surface area contributed by atoms with Crippen molar-refractivity contribution in [2.75, 3.05) is 32.0 Å². The molecule has 3 aromatic rings. The summed E-state index contributed by atoms with van der Waals surface area (Å²) < 4.78 is 9.13. The summed E-state index contributed by atoms with van der Waals surface area (Å²) in [7, 11) is 0. The van der Waals surface area contributed by atoms with Crippen molar-refractivity contribution >= 4 is 22.9 Å². The minimum Gasteiger partial charge on any atom is -0.490 e. The van der Waals surface area contributed by atoms with Gasteiger partial charge < -0.3 is 15.0 Å². The van der Waals surface area contributed by atoms with Crippen LogP contribution in [0, 0.1) is 0 Å². The molecule has 1 saturated heterocycles. The van der Waals surface area contributed by atoms with E-state index in [0.717, 1.165) is 69.2 Å². The zero-order chi connectivity index (χ0) is 23.1. The van der Waals surface area contributed by atoms with Crippen LogP contribution >= 0.6 is 11.8 Å². The summed E-state index contributed by atoms with van der Waals surface area (Å²) in [4.78, 5) is 37.5. The molecule has 10 heteroatoms. The lowest BCUT2D eigenvalue weighted by molar-refractivity contribution is 0.163. The molecule has 3 aromatic heterocycles. The number of hydrogen-bond acceptors (Lipinski definition) is 8. The smallest absolute Gasteiger partial charge is 0.270 e. The fourth-order valence-electron chi connectivity index (χ4n) is 5.30. The first-order valence-electron chi connectivity index (χ1n) is 12.0. The van der Waals surface area contributed by atoms with Crippen LogP contribution in [0.15, 0.2) is 45.1 Å². The molecule has 0 unspecified atom stereocenters. The van der Waals surface area contributed by atoms with E-state index in [0.29, 0.717) is 23.8 Å². The van der Waals surface area contributed by atoms with Gasteiger partial charge in [-0.25, -0.2) is 4.98 Å². The molecule has 0 bridgehead atoms. The van der Waals surface area contributed by atoms with E-state index in [1.165, 1.54) is 11.1 Å². The molecule has 178 valence electrons. The first-order chi connectivity index (χ1) is 16.7. The topological polar surface area (TPSA) is 94.3 Å². The molecular formula is C24H28N6O3S. The maximum atomic E-state index is 12.8. The largest absolute Gasteiger partial charge is 0.490 e. The molecule has 1 fully saturated rings. The van der Waals surface area contributed by atoms with Gasteiger partial charge in [0.05, 0.1) is 35.6 Å². The third kappa shape index (κ3) is 4.14. The van der Waals surface area contributed by atoms with Crippen molar-refractivity contribution in [2.24, 2.45) is 0 Å². The van der Waals surface area contributed by atoms with Gasteiger partial charge in [0.25, 0.3) is 11.1 Å². The Kier molecular flexibility index (Phi) is 5.88. The van der Waals surface area contributed by atoms with Gasteiger partial charge in [-0.15, -0.1) is 11.8 Å². The van der Waals surface area contributed by atoms with E-state index in [1.54, 1.807) is 21.3 Å². The standard InChI is InChI=1S/C24H28N6O3S/c31-22-2-1-19-24-29(23(32)14-27-19)8-5-18(30(22)24)15-28-6-3-16(4-7-28)25-12-17-11-21-20(13-26-17)33-9-10-34-21/h1-2,11,13-14,16,18,25H,3-10,12,15H2/t18-/m0/s1. The van der Waals surface area contributed by atoms with E-state index in [4.69, 9.17) is 4.74 Å². The molecule has 0 aromatic carbocycles. The van der Waals surface area contributed by atoms with Crippen molar-refractivity contribution in [1.29, 1.82) is 0 Å². The predicted octanol–water partition coefficient (Wildman–Crippen LogP) is 1.64. The van der Waals surface area contributed by atoms with Crippen molar-refractivity contribution < 1.29 is 4.74 Å². The van der Waals surface area contributed by atoms with E-state index in [1.807, 2.05) is 18.0 Å². The Labute approximate surface area is 201 Å². The van der Waals surface area contributed by atoms with Crippen LogP contribution in [0.4, 0.5) is 0 Å². The predicted molar refractivity (Wildman–Crippen MR) is 131 cm³/mol. The number of thioether (sulfide) groups is 1. The van der Waals surface area contributed by atoms with Crippen molar-refractivity contribution in [2.45, 2.75) is 49.3 Å². The molecule has 1 atom stereocenters. The summed E-state index contributed by atoms with van der Waals surface area (Å²) in [5, 5.41) is 3.67. The average molecular weight is 481 g/mol. The second-order valence-corrected chi connectivity index (χ2v) is 10.4. The van der Waals surface area contributed by atoms with Gasteiger partial charge in [-0.2, -0.15) is 0 Å². The summed E-state index contributed by atoms with van der Waals surface area (Å²) >= 11 is 1.83. The lowest BCUT2D eigenvalue weighted by Gasteiger charge is -2.36. The highest BCUT2D eigenvalue weighted by molar-refractivity contribution is 7.99. The van der Waals surface area contributed by atoms with E-state index in [2.05, 4.69) is 26.3 Å². The summed E-state index contributed by atoms with van der Waals surface area (Å²) in [5.74, 6) is 1.89.